The van der Waals surface area contributed by atoms with Gasteiger partial charge in [-0.3, -0.25) is 20.5 Å². The topological polar surface area (TPSA) is 88.2 Å². The van der Waals surface area contributed by atoms with Gasteiger partial charge >= 0.3 is 5.97 Å². The summed E-state index contributed by atoms with van der Waals surface area (Å²) < 4.78 is 13.9. The van der Waals surface area contributed by atoms with Crippen LogP contribution in [0.3, 0.4) is 0 Å². The summed E-state index contributed by atoms with van der Waals surface area (Å²) >= 11 is 0. The van der Waals surface area contributed by atoms with Crippen LogP contribution in [0.15, 0.2) is 36.4 Å². The molecule has 0 atom stereocenters. The second-order valence-corrected chi connectivity index (χ2v) is 7.70. The average Bonchev–Trinajstić information content (AvgIpc) is 2.58. The van der Waals surface area contributed by atoms with Crippen molar-refractivity contribution in [3.05, 3.63) is 47.5 Å². The lowest BCUT2D eigenvalue weighted by atomic mass is 9.88. The van der Waals surface area contributed by atoms with Gasteiger partial charge in [-0.1, -0.05) is 50.2 Å². The zero-order chi connectivity index (χ0) is 20.4. The summed E-state index contributed by atoms with van der Waals surface area (Å²) in [7, 11) is 0. The third kappa shape index (κ3) is 4.51. The summed E-state index contributed by atoms with van der Waals surface area (Å²) in [5.74, 6) is -0.967. The van der Waals surface area contributed by atoms with Crippen molar-refractivity contribution in [3.63, 3.8) is 0 Å². The number of hydrogen-bond acceptors (Lipinski definition) is 3. The minimum Gasteiger partial charge on any atom is -0.481 e. The van der Waals surface area contributed by atoms with E-state index in [0.717, 1.165) is 21.2 Å². The number of hydrogen-bond donors (Lipinski definition) is 3. The van der Waals surface area contributed by atoms with Crippen LogP contribution < -0.4 is 0 Å². The summed E-state index contributed by atoms with van der Waals surface area (Å²) in [5, 5.41) is 26.9. The van der Waals surface area contributed by atoms with E-state index >= 15 is 0 Å². The van der Waals surface area contributed by atoms with E-state index in [1.54, 1.807) is 0 Å². The Labute approximate surface area is 158 Å². The van der Waals surface area contributed by atoms with Crippen LogP contribution in [0.1, 0.15) is 51.2 Å². The number of benzene rings is 2. The molecule has 0 saturated carbocycles. The molecule has 0 aliphatic carbocycles. The van der Waals surface area contributed by atoms with Gasteiger partial charge in [0.05, 0.1) is 12.0 Å². The van der Waals surface area contributed by atoms with Crippen molar-refractivity contribution in [2.75, 3.05) is 0 Å². The summed E-state index contributed by atoms with van der Waals surface area (Å²) in [6.45, 7) is 7.18. The normalized spacial score (nSPS) is 11.6. The number of nitrogens with zero attached hydrogens (tertiary/aromatic N) is 1. The zero-order valence-corrected chi connectivity index (χ0v) is 16.1. The molecule has 0 aromatic heterocycles. The van der Waals surface area contributed by atoms with Gasteiger partial charge in [-0.2, -0.15) is 4.39 Å². The van der Waals surface area contributed by atoms with E-state index in [0.29, 0.717) is 5.92 Å². The molecular formula is C21H26FN3O2. The van der Waals surface area contributed by atoms with Crippen LogP contribution in [-0.2, 0) is 11.3 Å². The number of carbonyl (C=O) groups is 1. The third-order valence-electron chi connectivity index (χ3n) is 4.75. The van der Waals surface area contributed by atoms with E-state index in [1.807, 2.05) is 36.4 Å². The molecule has 0 aliphatic rings. The third-order valence-corrected chi connectivity index (χ3v) is 4.75. The lowest BCUT2D eigenvalue weighted by molar-refractivity contribution is -0.146. The number of carboxylic acids is 1. The summed E-state index contributed by atoms with van der Waals surface area (Å²) in [6.07, 6.45) is -1.44. The predicted octanol–water partition coefficient (Wildman–Crippen LogP) is 5.15. The lowest BCUT2D eigenvalue weighted by Gasteiger charge is -2.27. The first-order valence-electron chi connectivity index (χ1n) is 8.87. The van der Waals surface area contributed by atoms with Gasteiger partial charge in [0, 0.05) is 6.42 Å². The second-order valence-electron chi connectivity index (χ2n) is 7.70. The molecule has 0 amide bonds. The Bertz CT molecular complexity index is 890. The minimum atomic E-state index is -1.27. The number of carboxylic acid groups (broad SMARTS) is 1. The molecule has 6 heteroatoms. The van der Waals surface area contributed by atoms with E-state index in [2.05, 4.69) is 13.8 Å². The number of nitrogens with one attached hydrogen (secondary N) is 2. The minimum absolute atomic E-state index is 0.00273. The van der Waals surface area contributed by atoms with E-state index in [-0.39, 0.29) is 18.8 Å². The Morgan fingerprint density at radius 2 is 1.74 bits per heavy atom. The molecule has 5 nitrogen and oxygen atoms in total. The van der Waals surface area contributed by atoms with E-state index in [4.69, 9.17) is 10.8 Å². The van der Waals surface area contributed by atoms with E-state index in [9.17, 15) is 14.3 Å². The molecular weight excluding hydrogens is 345 g/mol. The monoisotopic (exact) mass is 371 g/mol. The smallest absolute Gasteiger partial charge is 0.309 e. The highest BCUT2D eigenvalue weighted by molar-refractivity contribution is 5.97. The number of fused-ring (bicyclic) bond motifs is 1. The summed E-state index contributed by atoms with van der Waals surface area (Å²) in [6, 6.07) is 11.7. The Balaban J connectivity index is 2.40. The maximum absolute atomic E-state index is 13.9. The van der Waals surface area contributed by atoms with Gasteiger partial charge in [-0.25, -0.2) is 0 Å². The first-order chi connectivity index (χ1) is 12.5. The maximum atomic E-state index is 13.9. The first-order valence-corrected chi connectivity index (χ1v) is 8.87. The molecule has 27 heavy (non-hydrogen) atoms. The van der Waals surface area contributed by atoms with Gasteiger partial charge in [0.1, 0.15) is 5.84 Å². The highest BCUT2D eigenvalue weighted by Crippen LogP contribution is 2.29. The van der Waals surface area contributed by atoms with Gasteiger partial charge in [0.25, 0.3) is 6.09 Å². The van der Waals surface area contributed by atoms with Crippen LogP contribution in [0, 0.1) is 16.2 Å². The fourth-order valence-electron chi connectivity index (χ4n) is 3.07. The second kappa shape index (κ2) is 7.86. The molecule has 0 bridgehead atoms. The number of rotatable bonds is 6. The van der Waals surface area contributed by atoms with Crippen molar-refractivity contribution in [2.24, 2.45) is 5.41 Å². The van der Waals surface area contributed by atoms with E-state index in [1.165, 1.54) is 19.4 Å². The van der Waals surface area contributed by atoms with Crippen LogP contribution in [0.5, 0.6) is 0 Å². The van der Waals surface area contributed by atoms with Gasteiger partial charge in [0.15, 0.2) is 0 Å². The Morgan fingerprint density at radius 3 is 2.26 bits per heavy atom. The highest BCUT2D eigenvalue weighted by atomic mass is 19.1. The highest BCUT2D eigenvalue weighted by Gasteiger charge is 2.31. The van der Waals surface area contributed by atoms with Gasteiger partial charge in [-0.15, -0.1) is 0 Å². The van der Waals surface area contributed by atoms with Gasteiger partial charge < -0.3 is 5.11 Å². The summed E-state index contributed by atoms with van der Waals surface area (Å²) in [5.41, 5.74) is 0.752. The Hall–Kier alpha value is -2.76. The van der Waals surface area contributed by atoms with Crippen LogP contribution in [0.2, 0.25) is 0 Å². The van der Waals surface area contributed by atoms with Crippen molar-refractivity contribution >= 4 is 28.7 Å². The molecule has 0 fully saturated rings. The fourth-order valence-corrected chi connectivity index (χ4v) is 3.07. The van der Waals surface area contributed by atoms with Crippen molar-refractivity contribution in [3.8, 4) is 0 Å². The molecule has 2 rings (SSSR count). The average molecular weight is 371 g/mol. The molecule has 0 heterocycles. The van der Waals surface area contributed by atoms with Crippen LogP contribution in [-0.4, -0.2) is 27.9 Å². The number of aliphatic carboxylic acids is 1. The van der Waals surface area contributed by atoms with Gasteiger partial charge in [-0.05, 0) is 41.7 Å². The standard InChI is InChI=1S/C21H26FN3O2/c1-13(2)15-10-9-14(16-7-5-6-8-17(15)16)12-25(20(22)24)18(23)11-21(3,4)19(26)27/h5-10,13,23-24H,11-12H2,1-4H3,(H,26,27). The Morgan fingerprint density at radius 1 is 1.15 bits per heavy atom. The fraction of sp³-hybridized carbons (Fsp3) is 0.381. The molecule has 0 radical (unpaired) electrons. The SMILES string of the molecule is CC(C)c1ccc(CN(C(=N)F)C(=N)CC(C)(C)C(=O)O)c2ccccc12. The lowest BCUT2D eigenvalue weighted by Crippen LogP contribution is -2.38. The quantitative estimate of drug-likeness (QED) is 0.373. The molecule has 2 aromatic rings. The van der Waals surface area contributed by atoms with Crippen molar-refractivity contribution in [1.82, 2.24) is 4.90 Å². The molecule has 0 unspecified atom stereocenters. The van der Waals surface area contributed by atoms with Crippen molar-refractivity contribution in [2.45, 2.75) is 46.6 Å². The molecule has 3 N–H and O–H groups in total. The largest absolute Gasteiger partial charge is 0.481 e. The maximum Gasteiger partial charge on any atom is 0.309 e. The van der Waals surface area contributed by atoms with E-state index < -0.39 is 17.5 Å². The van der Waals surface area contributed by atoms with Crippen LogP contribution in [0.25, 0.3) is 10.8 Å². The summed E-state index contributed by atoms with van der Waals surface area (Å²) in [4.78, 5) is 12.2. The first kappa shape index (κ1) is 20.6. The van der Waals surface area contributed by atoms with Crippen molar-refractivity contribution < 1.29 is 14.3 Å². The molecule has 0 aliphatic heterocycles. The molecule has 0 spiro atoms. The molecule has 0 saturated heterocycles. The zero-order valence-electron chi connectivity index (χ0n) is 16.1. The number of amidine groups is 2. The predicted molar refractivity (Wildman–Crippen MR) is 106 cm³/mol. The Kier molecular flexibility index (Phi) is 5.98. The van der Waals surface area contributed by atoms with Gasteiger partial charge in [0.2, 0.25) is 0 Å². The van der Waals surface area contributed by atoms with Crippen LogP contribution in [0.4, 0.5) is 4.39 Å². The molecule has 144 valence electrons. The van der Waals surface area contributed by atoms with Crippen molar-refractivity contribution in [1.29, 1.82) is 10.8 Å². The molecule has 2 aromatic carbocycles. The van der Waals surface area contributed by atoms with Crippen LogP contribution >= 0.6 is 0 Å². The number of halogens is 1.